The lowest BCUT2D eigenvalue weighted by atomic mass is 10.2. The lowest BCUT2D eigenvalue weighted by Gasteiger charge is -2.22. The average Bonchev–Trinajstić information content (AvgIpc) is 2.41. The minimum absolute atomic E-state index is 0.532. The highest BCUT2D eigenvalue weighted by Gasteiger charge is 2.35. The standard InChI is InChI=1S/C9H11NO5S/c1-6(11)7(5-16(2,14)15)10-8(12)3-4-9(10)13/h3-4,7H,5H2,1-2H3. The Morgan fingerprint density at radius 1 is 1.31 bits per heavy atom. The van der Waals surface area contributed by atoms with Crippen molar-refractivity contribution in [2.24, 2.45) is 0 Å². The summed E-state index contributed by atoms with van der Waals surface area (Å²) < 4.78 is 22.2. The molecule has 1 unspecified atom stereocenters. The van der Waals surface area contributed by atoms with E-state index in [1.807, 2.05) is 0 Å². The smallest absolute Gasteiger partial charge is 0.254 e. The number of sulfone groups is 1. The van der Waals surface area contributed by atoms with Crippen LogP contribution in [-0.4, -0.2) is 49.0 Å². The normalized spacial score (nSPS) is 18.0. The third-order valence-electron chi connectivity index (χ3n) is 2.08. The molecular formula is C9H11NO5S. The van der Waals surface area contributed by atoms with E-state index in [-0.39, 0.29) is 0 Å². The molecule has 1 aliphatic rings. The van der Waals surface area contributed by atoms with Gasteiger partial charge in [0.2, 0.25) is 0 Å². The molecule has 0 saturated carbocycles. The Hall–Kier alpha value is -1.50. The molecule has 88 valence electrons. The number of ketones is 1. The fraction of sp³-hybridized carbons (Fsp3) is 0.444. The molecule has 1 rings (SSSR count). The highest BCUT2D eigenvalue weighted by molar-refractivity contribution is 7.90. The van der Waals surface area contributed by atoms with Crippen LogP contribution < -0.4 is 0 Å². The zero-order valence-corrected chi connectivity index (χ0v) is 9.65. The lowest BCUT2D eigenvalue weighted by molar-refractivity contribution is -0.143. The average molecular weight is 245 g/mol. The van der Waals surface area contributed by atoms with Gasteiger partial charge >= 0.3 is 0 Å². The topological polar surface area (TPSA) is 88.6 Å². The van der Waals surface area contributed by atoms with Crippen LogP contribution in [0.25, 0.3) is 0 Å². The van der Waals surface area contributed by atoms with Crippen molar-refractivity contribution >= 4 is 27.4 Å². The first-order chi connectivity index (χ1) is 7.22. The van der Waals surface area contributed by atoms with Crippen molar-refractivity contribution in [2.45, 2.75) is 13.0 Å². The van der Waals surface area contributed by atoms with E-state index in [2.05, 4.69) is 0 Å². The second-order valence-corrected chi connectivity index (χ2v) is 5.78. The van der Waals surface area contributed by atoms with Crippen LogP contribution in [0.5, 0.6) is 0 Å². The number of amides is 2. The zero-order chi connectivity index (χ0) is 12.5. The van der Waals surface area contributed by atoms with E-state index in [1.165, 1.54) is 0 Å². The minimum atomic E-state index is -3.45. The van der Waals surface area contributed by atoms with Gasteiger partial charge in [0.25, 0.3) is 11.8 Å². The summed E-state index contributed by atoms with van der Waals surface area (Å²) in [5, 5.41) is 0. The molecule has 0 fully saturated rings. The van der Waals surface area contributed by atoms with Gasteiger partial charge in [0, 0.05) is 18.4 Å². The molecule has 0 saturated heterocycles. The first-order valence-corrected chi connectivity index (χ1v) is 6.52. The summed E-state index contributed by atoms with van der Waals surface area (Å²) in [5.74, 6) is -2.39. The fourth-order valence-corrected chi connectivity index (χ4v) is 2.34. The number of Topliss-reactive ketones (excluding diaryl/α,β-unsaturated/α-hetero) is 1. The predicted octanol–water partition coefficient (Wildman–Crippen LogP) is -1.09. The van der Waals surface area contributed by atoms with E-state index in [0.717, 1.165) is 25.3 Å². The highest BCUT2D eigenvalue weighted by atomic mass is 32.2. The quantitative estimate of drug-likeness (QED) is 0.587. The monoisotopic (exact) mass is 245 g/mol. The summed E-state index contributed by atoms with van der Waals surface area (Å²) in [6, 6.07) is -1.23. The summed E-state index contributed by atoms with van der Waals surface area (Å²) in [7, 11) is -3.45. The van der Waals surface area contributed by atoms with Gasteiger partial charge in [-0.05, 0) is 6.92 Å². The van der Waals surface area contributed by atoms with Crippen LogP contribution in [0.1, 0.15) is 6.92 Å². The number of hydrogen-bond donors (Lipinski definition) is 0. The van der Waals surface area contributed by atoms with Crippen molar-refractivity contribution in [3.63, 3.8) is 0 Å². The number of imide groups is 1. The van der Waals surface area contributed by atoms with Gasteiger partial charge in [0.05, 0.1) is 5.75 Å². The number of hydrogen-bond acceptors (Lipinski definition) is 5. The Morgan fingerprint density at radius 2 is 1.75 bits per heavy atom. The Kier molecular flexibility index (Phi) is 3.27. The zero-order valence-electron chi connectivity index (χ0n) is 8.84. The maximum atomic E-state index is 11.3. The fourth-order valence-electron chi connectivity index (χ4n) is 1.38. The maximum Gasteiger partial charge on any atom is 0.254 e. The molecule has 1 aliphatic heterocycles. The maximum absolute atomic E-state index is 11.3. The summed E-state index contributed by atoms with van der Waals surface area (Å²) >= 11 is 0. The Morgan fingerprint density at radius 3 is 2.06 bits per heavy atom. The molecular weight excluding hydrogens is 234 g/mol. The second kappa shape index (κ2) is 4.17. The predicted molar refractivity (Wildman–Crippen MR) is 55.2 cm³/mol. The minimum Gasteiger partial charge on any atom is -0.298 e. The lowest BCUT2D eigenvalue weighted by Crippen LogP contribution is -2.47. The molecule has 16 heavy (non-hydrogen) atoms. The molecule has 0 aliphatic carbocycles. The molecule has 6 nitrogen and oxygen atoms in total. The van der Waals surface area contributed by atoms with Gasteiger partial charge in [0.1, 0.15) is 15.9 Å². The number of nitrogens with zero attached hydrogens (tertiary/aromatic N) is 1. The molecule has 0 aromatic heterocycles. The summed E-state index contributed by atoms with van der Waals surface area (Å²) in [5.41, 5.74) is 0. The van der Waals surface area contributed by atoms with E-state index in [4.69, 9.17) is 0 Å². The van der Waals surface area contributed by atoms with Crippen LogP contribution in [0.3, 0.4) is 0 Å². The molecule has 1 atom stereocenters. The third kappa shape index (κ3) is 2.75. The highest BCUT2D eigenvalue weighted by Crippen LogP contribution is 2.11. The van der Waals surface area contributed by atoms with Gasteiger partial charge < -0.3 is 0 Å². The Bertz CT molecular complexity index is 458. The molecule has 2 amide bonds. The largest absolute Gasteiger partial charge is 0.298 e. The van der Waals surface area contributed by atoms with Crippen molar-refractivity contribution in [1.82, 2.24) is 4.90 Å². The second-order valence-electron chi connectivity index (χ2n) is 3.60. The van der Waals surface area contributed by atoms with Gasteiger partial charge in [-0.15, -0.1) is 0 Å². The van der Waals surface area contributed by atoms with Crippen molar-refractivity contribution in [1.29, 1.82) is 0 Å². The van der Waals surface area contributed by atoms with E-state index >= 15 is 0 Å². The molecule has 0 aromatic rings. The van der Waals surface area contributed by atoms with E-state index in [0.29, 0.717) is 4.90 Å². The molecule has 0 aromatic carbocycles. The van der Waals surface area contributed by atoms with Crippen molar-refractivity contribution in [3.05, 3.63) is 12.2 Å². The number of carbonyl (C=O) groups excluding carboxylic acids is 3. The molecule has 0 bridgehead atoms. The number of rotatable bonds is 4. The first-order valence-electron chi connectivity index (χ1n) is 4.46. The molecule has 0 N–H and O–H groups in total. The van der Waals surface area contributed by atoms with Gasteiger partial charge in [-0.25, -0.2) is 8.42 Å². The van der Waals surface area contributed by atoms with Crippen molar-refractivity contribution in [2.75, 3.05) is 12.0 Å². The number of carbonyl (C=O) groups is 3. The van der Waals surface area contributed by atoms with Crippen LogP contribution in [0.15, 0.2) is 12.2 Å². The van der Waals surface area contributed by atoms with Crippen molar-refractivity contribution < 1.29 is 22.8 Å². The molecule has 0 radical (unpaired) electrons. The first kappa shape index (κ1) is 12.6. The Balaban J connectivity index is 3.00. The SMILES string of the molecule is CC(=O)C(CS(C)(=O)=O)N1C(=O)C=CC1=O. The van der Waals surface area contributed by atoms with Gasteiger partial charge in [-0.2, -0.15) is 0 Å². The summed E-state index contributed by atoms with van der Waals surface area (Å²) in [4.78, 5) is 34.5. The van der Waals surface area contributed by atoms with Gasteiger partial charge in [-0.3, -0.25) is 19.3 Å². The van der Waals surface area contributed by atoms with Gasteiger partial charge in [0.15, 0.2) is 5.78 Å². The van der Waals surface area contributed by atoms with E-state index in [1.54, 1.807) is 0 Å². The summed E-state index contributed by atoms with van der Waals surface area (Å²) in [6.07, 6.45) is 2.97. The summed E-state index contributed by atoms with van der Waals surface area (Å²) in [6.45, 7) is 1.15. The van der Waals surface area contributed by atoms with Crippen LogP contribution in [-0.2, 0) is 24.2 Å². The van der Waals surface area contributed by atoms with E-state index < -0.39 is 39.2 Å². The van der Waals surface area contributed by atoms with Crippen LogP contribution in [0, 0.1) is 0 Å². The van der Waals surface area contributed by atoms with Crippen LogP contribution in [0.2, 0.25) is 0 Å². The van der Waals surface area contributed by atoms with E-state index in [9.17, 15) is 22.8 Å². The van der Waals surface area contributed by atoms with Gasteiger partial charge in [-0.1, -0.05) is 0 Å². The molecule has 0 spiro atoms. The van der Waals surface area contributed by atoms with Crippen molar-refractivity contribution in [3.8, 4) is 0 Å². The van der Waals surface area contributed by atoms with Crippen LogP contribution in [0.4, 0.5) is 0 Å². The van der Waals surface area contributed by atoms with Crippen LogP contribution >= 0.6 is 0 Å². The molecule has 1 heterocycles. The Labute approximate surface area is 92.8 Å². The molecule has 7 heteroatoms. The third-order valence-corrected chi connectivity index (χ3v) is 3.01.